The SMILES string of the molecule is CN/C(C)=C(\CN)C1=C(C)CCCC1. The molecule has 0 amide bonds. The van der Waals surface area contributed by atoms with Gasteiger partial charge in [0.25, 0.3) is 0 Å². The van der Waals surface area contributed by atoms with Crippen LogP contribution in [0.4, 0.5) is 0 Å². The van der Waals surface area contributed by atoms with Crippen molar-refractivity contribution in [3.8, 4) is 0 Å². The standard InChI is InChI=1S/C12H22N2/c1-9-6-4-5-7-11(9)12(8-13)10(2)14-3/h14H,4-8,13H2,1-3H3/b12-10+. The quantitative estimate of drug-likeness (QED) is 0.723. The van der Waals surface area contributed by atoms with E-state index in [4.69, 9.17) is 5.73 Å². The first kappa shape index (κ1) is 11.3. The fourth-order valence-electron chi connectivity index (χ4n) is 2.12. The lowest BCUT2D eigenvalue weighted by atomic mass is 9.87. The zero-order chi connectivity index (χ0) is 10.6. The Bertz CT molecular complexity index is 251. The third-order valence-corrected chi connectivity index (χ3v) is 3.14. The van der Waals surface area contributed by atoms with Crippen LogP contribution in [0, 0.1) is 0 Å². The maximum atomic E-state index is 5.81. The van der Waals surface area contributed by atoms with Crippen molar-refractivity contribution in [3.63, 3.8) is 0 Å². The second-order valence-corrected chi connectivity index (χ2v) is 4.02. The minimum atomic E-state index is 0.652. The Morgan fingerprint density at radius 1 is 1.36 bits per heavy atom. The van der Waals surface area contributed by atoms with Crippen molar-refractivity contribution in [2.75, 3.05) is 13.6 Å². The third kappa shape index (κ3) is 2.38. The summed E-state index contributed by atoms with van der Waals surface area (Å²) >= 11 is 0. The maximum Gasteiger partial charge on any atom is 0.0197 e. The molecule has 0 aliphatic heterocycles. The summed E-state index contributed by atoms with van der Waals surface area (Å²) in [5.41, 5.74) is 11.4. The molecule has 0 spiro atoms. The van der Waals surface area contributed by atoms with Gasteiger partial charge in [-0.2, -0.15) is 0 Å². The molecule has 0 bridgehead atoms. The molecule has 0 saturated heterocycles. The van der Waals surface area contributed by atoms with Crippen LogP contribution in [0.5, 0.6) is 0 Å². The number of nitrogens with two attached hydrogens (primary N) is 1. The van der Waals surface area contributed by atoms with Crippen LogP contribution in [0.3, 0.4) is 0 Å². The molecule has 80 valence electrons. The number of hydrogen-bond donors (Lipinski definition) is 2. The molecule has 0 aromatic carbocycles. The fourth-order valence-corrected chi connectivity index (χ4v) is 2.12. The molecule has 0 unspecified atom stereocenters. The molecule has 2 nitrogen and oxygen atoms in total. The first-order chi connectivity index (χ1) is 6.70. The van der Waals surface area contributed by atoms with Gasteiger partial charge in [0, 0.05) is 19.3 Å². The smallest absolute Gasteiger partial charge is 0.0197 e. The summed E-state index contributed by atoms with van der Waals surface area (Å²) in [5, 5.41) is 3.20. The van der Waals surface area contributed by atoms with Gasteiger partial charge >= 0.3 is 0 Å². The van der Waals surface area contributed by atoms with E-state index in [0.717, 1.165) is 0 Å². The van der Waals surface area contributed by atoms with Crippen molar-refractivity contribution in [2.45, 2.75) is 39.5 Å². The van der Waals surface area contributed by atoms with Crippen molar-refractivity contribution in [1.82, 2.24) is 5.32 Å². The molecular formula is C12H22N2. The monoisotopic (exact) mass is 194 g/mol. The van der Waals surface area contributed by atoms with E-state index in [9.17, 15) is 0 Å². The van der Waals surface area contributed by atoms with Crippen molar-refractivity contribution in [1.29, 1.82) is 0 Å². The zero-order valence-electron chi connectivity index (χ0n) is 9.61. The Balaban J connectivity index is 2.99. The van der Waals surface area contributed by atoms with Gasteiger partial charge in [0.2, 0.25) is 0 Å². The molecule has 1 aliphatic rings. The normalized spacial score (nSPS) is 19.4. The average molecular weight is 194 g/mol. The van der Waals surface area contributed by atoms with Crippen LogP contribution in [0.25, 0.3) is 0 Å². The number of hydrogen-bond acceptors (Lipinski definition) is 2. The van der Waals surface area contributed by atoms with E-state index >= 15 is 0 Å². The van der Waals surface area contributed by atoms with E-state index < -0.39 is 0 Å². The molecule has 0 aromatic rings. The predicted molar refractivity (Wildman–Crippen MR) is 62.0 cm³/mol. The first-order valence-electron chi connectivity index (χ1n) is 5.47. The van der Waals surface area contributed by atoms with E-state index in [0.29, 0.717) is 6.54 Å². The second-order valence-electron chi connectivity index (χ2n) is 4.02. The van der Waals surface area contributed by atoms with Crippen LogP contribution in [0.2, 0.25) is 0 Å². The Morgan fingerprint density at radius 3 is 2.50 bits per heavy atom. The number of rotatable bonds is 3. The highest BCUT2D eigenvalue weighted by Crippen LogP contribution is 2.29. The molecule has 0 saturated carbocycles. The van der Waals surface area contributed by atoms with Gasteiger partial charge in [-0.3, -0.25) is 0 Å². The summed E-state index contributed by atoms with van der Waals surface area (Å²) in [6.45, 7) is 5.00. The molecule has 1 rings (SSSR count). The lowest BCUT2D eigenvalue weighted by Gasteiger charge is -2.21. The van der Waals surface area contributed by atoms with Crippen LogP contribution >= 0.6 is 0 Å². The van der Waals surface area contributed by atoms with E-state index in [1.165, 1.54) is 48.1 Å². The fraction of sp³-hybridized carbons (Fsp3) is 0.667. The van der Waals surface area contributed by atoms with Gasteiger partial charge in [-0.05, 0) is 50.7 Å². The molecule has 2 heteroatoms. The summed E-state index contributed by atoms with van der Waals surface area (Å²) in [6.07, 6.45) is 5.10. The first-order valence-corrected chi connectivity index (χ1v) is 5.47. The number of nitrogens with one attached hydrogen (secondary N) is 1. The summed E-state index contributed by atoms with van der Waals surface area (Å²) in [4.78, 5) is 0. The van der Waals surface area contributed by atoms with E-state index in [1.807, 2.05) is 7.05 Å². The highest BCUT2D eigenvalue weighted by molar-refractivity contribution is 5.39. The van der Waals surface area contributed by atoms with Crippen LogP contribution in [-0.2, 0) is 0 Å². The van der Waals surface area contributed by atoms with Gasteiger partial charge in [-0.25, -0.2) is 0 Å². The van der Waals surface area contributed by atoms with E-state index in [1.54, 1.807) is 0 Å². The van der Waals surface area contributed by atoms with Crippen molar-refractivity contribution >= 4 is 0 Å². The van der Waals surface area contributed by atoms with E-state index in [2.05, 4.69) is 19.2 Å². The Hall–Kier alpha value is -0.760. The number of allylic oxidation sites excluding steroid dienone is 2. The van der Waals surface area contributed by atoms with Gasteiger partial charge in [0.05, 0.1) is 0 Å². The van der Waals surface area contributed by atoms with Gasteiger partial charge in [-0.1, -0.05) is 5.57 Å². The summed E-state index contributed by atoms with van der Waals surface area (Å²) in [6, 6.07) is 0. The molecule has 0 atom stereocenters. The second kappa shape index (κ2) is 5.20. The summed E-state index contributed by atoms with van der Waals surface area (Å²) < 4.78 is 0. The van der Waals surface area contributed by atoms with Crippen molar-refractivity contribution in [2.24, 2.45) is 5.73 Å². The molecule has 3 N–H and O–H groups in total. The maximum absolute atomic E-state index is 5.81. The Labute approximate surface area is 87.3 Å². The van der Waals surface area contributed by atoms with Gasteiger partial charge < -0.3 is 11.1 Å². The average Bonchev–Trinajstić information content (AvgIpc) is 2.21. The lowest BCUT2D eigenvalue weighted by Crippen LogP contribution is -2.16. The third-order valence-electron chi connectivity index (χ3n) is 3.14. The molecule has 0 heterocycles. The highest BCUT2D eigenvalue weighted by atomic mass is 14.8. The summed E-state index contributed by atoms with van der Waals surface area (Å²) in [7, 11) is 1.96. The topological polar surface area (TPSA) is 38.0 Å². The van der Waals surface area contributed by atoms with Crippen LogP contribution in [-0.4, -0.2) is 13.6 Å². The molecule has 0 radical (unpaired) electrons. The van der Waals surface area contributed by atoms with Crippen molar-refractivity contribution < 1.29 is 0 Å². The Morgan fingerprint density at radius 2 is 2.00 bits per heavy atom. The van der Waals surface area contributed by atoms with Crippen LogP contribution in [0.15, 0.2) is 22.4 Å². The van der Waals surface area contributed by atoms with Gasteiger partial charge in [0.15, 0.2) is 0 Å². The molecular weight excluding hydrogens is 172 g/mol. The molecule has 0 aromatic heterocycles. The summed E-state index contributed by atoms with van der Waals surface area (Å²) in [5.74, 6) is 0. The van der Waals surface area contributed by atoms with Crippen molar-refractivity contribution in [3.05, 3.63) is 22.4 Å². The zero-order valence-corrected chi connectivity index (χ0v) is 9.61. The largest absolute Gasteiger partial charge is 0.391 e. The van der Waals surface area contributed by atoms with Crippen LogP contribution < -0.4 is 11.1 Å². The lowest BCUT2D eigenvalue weighted by molar-refractivity contribution is 0.671. The highest BCUT2D eigenvalue weighted by Gasteiger charge is 2.13. The molecule has 1 aliphatic carbocycles. The van der Waals surface area contributed by atoms with E-state index in [-0.39, 0.29) is 0 Å². The predicted octanol–water partition coefficient (Wildman–Crippen LogP) is 2.33. The molecule has 0 fully saturated rings. The minimum Gasteiger partial charge on any atom is -0.391 e. The van der Waals surface area contributed by atoms with Crippen LogP contribution in [0.1, 0.15) is 39.5 Å². The molecule has 14 heavy (non-hydrogen) atoms. The Kier molecular flexibility index (Phi) is 4.21. The van der Waals surface area contributed by atoms with Gasteiger partial charge in [0.1, 0.15) is 0 Å². The minimum absolute atomic E-state index is 0.652. The van der Waals surface area contributed by atoms with Gasteiger partial charge in [-0.15, -0.1) is 0 Å².